The Hall–Kier alpha value is -0.760. The van der Waals surface area contributed by atoms with Crippen LogP contribution in [0.15, 0.2) is 18.3 Å². The molecule has 0 aromatic carbocycles. The quantitative estimate of drug-likeness (QED) is 0.650. The Morgan fingerprint density at radius 1 is 1.55 bits per heavy atom. The lowest BCUT2D eigenvalue weighted by Crippen LogP contribution is -1.99. The van der Waals surface area contributed by atoms with E-state index in [4.69, 9.17) is 16.3 Å². The Kier molecular flexibility index (Phi) is 3.17. The van der Waals surface area contributed by atoms with Crippen molar-refractivity contribution in [2.45, 2.75) is 6.92 Å². The predicted molar refractivity (Wildman–Crippen MR) is 45.2 cm³/mol. The summed E-state index contributed by atoms with van der Waals surface area (Å²) in [5.41, 5.74) is 1.13. The molecule has 11 heavy (non-hydrogen) atoms. The molecule has 0 aliphatic rings. The standard InChI is InChI=1S/C8H10ClNO/c1-7-2-3-8(10-6-7)11-5-4-9/h2-3,6H,4-5H2,1H3. The lowest BCUT2D eigenvalue weighted by molar-refractivity contribution is 0.329. The first-order valence-electron chi connectivity index (χ1n) is 3.44. The van der Waals surface area contributed by atoms with E-state index in [0.717, 1.165) is 5.56 Å². The predicted octanol–water partition coefficient (Wildman–Crippen LogP) is 2.01. The van der Waals surface area contributed by atoms with Gasteiger partial charge in [-0.25, -0.2) is 4.98 Å². The molecule has 1 aromatic rings. The number of pyridine rings is 1. The van der Waals surface area contributed by atoms with Crippen molar-refractivity contribution in [2.24, 2.45) is 0 Å². The molecule has 1 aromatic heterocycles. The van der Waals surface area contributed by atoms with Crippen molar-refractivity contribution in [2.75, 3.05) is 12.5 Å². The van der Waals surface area contributed by atoms with Gasteiger partial charge in [0.15, 0.2) is 0 Å². The van der Waals surface area contributed by atoms with Crippen LogP contribution in [0.1, 0.15) is 5.56 Å². The fourth-order valence-electron chi connectivity index (χ4n) is 0.683. The van der Waals surface area contributed by atoms with Crippen LogP contribution in [-0.4, -0.2) is 17.5 Å². The average molecular weight is 172 g/mol. The second kappa shape index (κ2) is 4.19. The molecule has 0 amide bonds. The van der Waals surface area contributed by atoms with Crippen LogP contribution in [-0.2, 0) is 0 Å². The van der Waals surface area contributed by atoms with E-state index >= 15 is 0 Å². The molecule has 60 valence electrons. The number of halogens is 1. The van der Waals surface area contributed by atoms with Gasteiger partial charge in [-0.05, 0) is 12.5 Å². The van der Waals surface area contributed by atoms with Gasteiger partial charge in [-0.2, -0.15) is 0 Å². The van der Waals surface area contributed by atoms with E-state index in [1.807, 2.05) is 19.1 Å². The smallest absolute Gasteiger partial charge is 0.213 e. The van der Waals surface area contributed by atoms with Crippen LogP contribution in [0.5, 0.6) is 5.88 Å². The molecule has 0 spiro atoms. The van der Waals surface area contributed by atoms with Crippen molar-refractivity contribution in [3.63, 3.8) is 0 Å². The molecule has 0 aliphatic heterocycles. The number of rotatable bonds is 3. The minimum absolute atomic E-state index is 0.496. The maximum Gasteiger partial charge on any atom is 0.213 e. The fourth-order valence-corrected chi connectivity index (χ4v) is 0.760. The van der Waals surface area contributed by atoms with Gasteiger partial charge in [0, 0.05) is 12.3 Å². The number of hydrogen-bond donors (Lipinski definition) is 0. The molecule has 0 aliphatic carbocycles. The van der Waals surface area contributed by atoms with E-state index in [9.17, 15) is 0 Å². The Labute approximate surface area is 71.2 Å². The molecule has 2 nitrogen and oxygen atoms in total. The van der Waals surface area contributed by atoms with Gasteiger partial charge < -0.3 is 4.74 Å². The Balaban J connectivity index is 2.52. The highest BCUT2D eigenvalue weighted by atomic mass is 35.5. The molecule has 3 heteroatoms. The minimum Gasteiger partial charge on any atom is -0.476 e. The van der Waals surface area contributed by atoms with Crippen LogP contribution in [0.3, 0.4) is 0 Å². The van der Waals surface area contributed by atoms with Crippen molar-refractivity contribution < 1.29 is 4.74 Å². The van der Waals surface area contributed by atoms with E-state index in [1.54, 1.807) is 6.20 Å². The number of alkyl halides is 1. The Bertz CT molecular complexity index is 210. The number of nitrogens with zero attached hydrogens (tertiary/aromatic N) is 1. The van der Waals surface area contributed by atoms with Gasteiger partial charge in [0.1, 0.15) is 6.61 Å². The zero-order chi connectivity index (χ0) is 8.10. The van der Waals surface area contributed by atoms with E-state index in [1.165, 1.54) is 0 Å². The van der Waals surface area contributed by atoms with Gasteiger partial charge in [0.25, 0.3) is 0 Å². The Morgan fingerprint density at radius 3 is 2.91 bits per heavy atom. The van der Waals surface area contributed by atoms with Crippen molar-refractivity contribution in [3.05, 3.63) is 23.9 Å². The summed E-state index contributed by atoms with van der Waals surface area (Å²) in [7, 11) is 0. The second-order valence-corrected chi connectivity index (χ2v) is 2.59. The summed E-state index contributed by atoms with van der Waals surface area (Å²) in [4.78, 5) is 4.03. The van der Waals surface area contributed by atoms with Crippen LogP contribution in [0.2, 0.25) is 0 Å². The van der Waals surface area contributed by atoms with Gasteiger partial charge >= 0.3 is 0 Å². The number of hydrogen-bond acceptors (Lipinski definition) is 2. The van der Waals surface area contributed by atoms with Crippen LogP contribution in [0.25, 0.3) is 0 Å². The monoisotopic (exact) mass is 171 g/mol. The molecule has 0 saturated heterocycles. The topological polar surface area (TPSA) is 22.1 Å². The summed E-state index contributed by atoms with van der Waals surface area (Å²) in [6, 6.07) is 3.79. The van der Waals surface area contributed by atoms with Crippen molar-refractivity contribution >= 4 is 11.6 Å². The lowest BCUT2D eigenvalue weighted by Gasteiger charge is -2.01. The van der Waals surface area contributed by atoms with E-state index < -0.39 is 0 Å². The third-order valence-electron chi connectivity index (χ3n) is 1.21. The Morgan fingerprint density at radius 2 is 2.36 bits per heavy atom. The minimum atomic E-state index is 0.496. The first-order chi connectivity index (χ1) is 5.33. The molecule has 0 radical (unpaired) electrons. The maximum atomic E-state index is 5.43. The molecule has 0 atom stereocenters. The first kappa shape index (κ1) is 8.34. The zero-order valence-electron chi connectivity index (χ0n) is 6.38. The van der Waals surface area contributed by atoms with Crippen LogP contribution < -0.4 is 4.74 Å². The maximum absolute atomic E-state index is 5.43. The lowest BCUT2D eigenvalue weighted by atomic mass is 10.3. The SMILES string of the molecule is Cc1ccc(OCCCl)nc1. The van der Waals surface area contributed by atoms with Crippen molar-refractivity contribution in [3.8, 4) is 5.88 Å². The summed E-state index contributed by atoms with van der Waals surface area (Å²) in [6.07, 6.45) is 1.77. The van der Waals surface area contributed by atoms with Gasteiger partial charge in [-0.3, -0.25) is 0 Å². The van der Waals surface area contributed by atoms with Crippen molar-refractivity contribution in [1.82, 2.24) is 4.98 Å². The summed E-state index contributed by atoms with van der Waals surface area (Å²) in [5.74, 6) is 1.13. The van der Waals surface area contributed by atoms with Crippen LogP contribution in [0.4, 0.5) is 0 Å². The highest BCUT2D eigenvalue weighted by molar-refractivity contribution is 6.17. The van der Waals surface area contributed by atoms with Gasteiger partial charge in [-0.15, -0.1) is 11.6 Å². The molecule has 0 unspecified atom stereocenters. The van der Waals surface area contributed by atoms with Gasteiger partial charge in [-0.1, -0.05) is 6.07 Å². The highest BCUT2D eigenvalue weighted by Crippen LogP contribution is 2.05. The van der Waals surface area contributed by atoms with Gasteiger partial charge in [0.2, 0.25) is 5.88 Å². The zero-order valence-corrected chi connectivity index (χ0v) is 7.14. The summed E-state index contributed by atoms with van der Waals surface area (Å²) in [5, 5.41) is 0. The number of aryl methyl sites for hydroxylation is 1. The summed E-state index contributed by atoms with van der Waals surface area (Å²) in [6.45, 7) is 2.50. The summed E-state index contributed by atoms with van der Waals surface area (Å²) >= 11 is 5.43. The molecule has 1 rings (SSSR count). The van der Waals surface area contributed by atoms with Crippen molar-refractivity contribution in [1.29, 1.82) is 0 Å². The van der Waals surface area contributed by atoms with E-state index in [2.05, 4.69) is 4.98 Å². The molecule has 1 heterocycles. The molecule has 0 N–H and O–H groups in total. The van der Waals surface area contributed by atoms with Gasteiger partial charge in [0.05, 0.1) is 5.88 Å². The third-order valence-corrected chi connectivity index (χ3v) is 1.37. The molecular weight excluding hydrogens is 162 g/mol. The third kappa shape index (κ3) is 2.76. The first-order valence-corrected chi connectivity index (χ1v) is 3.98. The van der Waals surface area contributed by atoms with E-state index in [-0.39, 0.29) is 0 Å². The highest BCUT2D eigenvalue weighted by Gasteiger charge is 1.91. The second-order valence-electron chi connectivity index (χ2n) is 2.21. The number of ether oxygens (including phenoxy) is 1. The molecule has 0 fully saturated rings. The van der Waals surface area contributed by atoms with Crippen LogP contribution >= 0.6 is 11.6 Å². The molecular formula is C8H10ClNO. The van der Waals surface area contributed by atoms with E-state index in [0.29, 0.717) is 18.4 Å². The molecule has 0 bridgehead atoms. The normalized spacial score (nSPS) is 9.64. The van der Waals surface area contributed by atoms with Crippen LogP contribution in [0, 0.1) is 6.92 Å². The summed E-state index contributed by atoms with van der Waals surface area (Å²) < 4.78 is 5.17. The largest absolute Gasteiger partial charge is 0.476 e. The average Bonchev–Trinajstić information content (AvgIpc) is 2.04. The number of aromatic nitrogens is 1. The molecule has 0 saturated carbocycles. The fraction of sp³-hybridized carbons (Fsp3) is 0.375.